The first-order chi connectivity index (χ1) is 15.2. The van der Waals surface area contributed by atoms with Crippen molar-refractivity contribution in [3.8, 4) is 28.4 Å². The van der Waals surface area contributed by atoms with E-state index in [0.717, 1.165) is 38.8 Å². The maximum atomic E-state index is 13.5. The first-order valence-electron chi connectivity index (χ1n) is 10.1. The van der Waals surface area contributed by atoms with Crippen molar-refractivity contribution in [2.24, 2.45) is 0 Å². The molecular weight excluding hydrogens is 393 g/mol. The third-order valence-electron chi connectivity index (χ3n) is 5.57. The Balaban J connectivity index is 1.70. The molecular formula is C25H18FN3O2. The molecule has 0 aliphatic carbocycles. The van der Waals surface area contributed by atoms with Crippen LogP contribution in [0.3, 0.4) is 0 Å². The standard InChI is InChI=1S/C25H18FN3O2/c1-15-2-8-18(9-3-15)29-25-19-12-22-23(31-11-10-30-22)13-21(19)27-14-20(25)24(28-29)16-4-6-17(26)7-5-16/h2-9,12-14H,10-11H2,1H3. The number of hydrogen-bond acceptors (Lipinski definition) is 4. The fraction of sp³-hybridized carbons (Fsp3) is 0.120. The molecule has 6 heteroatoms. The quantitative estimate of drug-likeness (QED) is 0.387. The van der Waals surface area contributed by atoms with Crippen molar-refractivity contribution >= 4 is 21.8 Å². The fourth-order valence-electron chi connectivity index (χ4n) is 4.01. The minimum Gasteiger partial charge on any atom is -0.486 e. The molecule has 0 saturated heterocycles. The zero-order valence-corrected chi connectivity index (χ0v) is 16.8. The molecule has 152 valence electrons. The smallest absolute Gasteiger partial charge is 0.163 e. The zero-order valence-electron chi connectivity index (χ0n) is 16.8. The van der Waals surface area contributed by atoms with Gasteiger partial charge in [0.2, 0.25) is 0 Å². The number of rotatable bonds is 2. The molecule has 6 rings (SSSR count). The van der Waals surface area contributed by atoms with Crippen LogP contribution in [0.1, 0.15) is 5.56 Å². The highest BCUT2D eigenvalue weighted by molar-refractivity contribution is 6.09. The van der Waals surface area contributed by atoms with E-state index in [1.807, 2.05) is 35.1 Å². The molecule has 3 heterocycles. The normalized spacial score (nSPS) is 13.1. The van der Waals surface area contributed by atoms with E-state index in [-0.39, 0.29) is 5.82 Å². The molecule has 3 aromatic carbocycles. The van der Waals surface area contributed by atoms with Crippen molar-refractivity contribution < 1.29 is 13.9 Å². The number of benzene rings is 3. The Morgan fingerprint density at radius 2 is 1.58 bits per heavy atom. The van der Waals surface area contributed by atoms with E-state index in [0.29, 0.717) is 24.7 Å². The van der Waals surface area contributed by atoms with Gasteiger partial charge in [-0.2, -0.15) is 5.10 Å². The summed E-state index contributed by atoms with van der Waals surface area (Å²) in [6, 6.07) is 18.5. The minimum atomic E-state index is -0.279. The molecule has 0 radical (unpaired) electrons. The van der Waals surface area contributed by atoms with Crippen LogP contribution < -0.4 is 9.47 Å². The number of fused-ring (bicyclic) bond motifs is 4. The first-order valence-corrected chi connectivity index (χ1v) is 10.1. The minimum absolute atomic E-state index is 0.279. The number of nitrogens with zero attached hydrogens (tertiary/aromatic N) is 3. The largest absolute Gasteiger partial charge is 0.486 e. The predicted molar refractivity (Wildman–Crippen MR) is 117 cm³/mol. The Morgan fingerprint density at radius 1 is 0.871 bits per heavy atom. The maximum Gasteiger partial charge on any atom is 0.163 e. The maximum absolute atomic E-state index is 13.5. The number of ether oxygens (including phenoxy) is 2. The molecule has 0 bridgehead atoms. The second-order valence-electron chi connectivity index (χ2n) is 7.64. The lowest BCUT2D eigenvalue weighted by Crippen LogP contribution is -2.15. The summed E-state index contributed by atoms with van der Waals surface area (Å²) in [6.07, 6.45) is 1.82. The van der Waals surface area contributed by atoms with Crippen LogP contribution in [-0.2, 0) is 0 Å². The van der Waals surface area contributed by atoms with Crippen LogP contribution in [0.2, 0.25) is 0 Å². The number of pyridine rings is 1. The number of aromatic nitrogens is 3. The van der Waals surface area contributed by atoms with Crippen molar-refractivity contribution in [3.63, 3.8) is 0 Å². The van der Waals surface area contributed by atoms with Crippen LogP contribution in [0.25, 0.3) is 38.8 Å². The van der Waals surface area contributed by atoms with Gasteiger partial charge < -0.3 is 9.47 Å². The van der Waals surface area contributed by atoms with Gasteiger partial charge in [0.1, 0.15) is 24.7 Å². The van der Waals surface area contributed by atoms with Gasteiger partial charge in [0.05, 0.1) is 16.7 Å². The highest BCUT2D eigenvalue weighted by Gasteiger charge is 2.20. The molecule has 31 heavy (non-hydrogen) atoms. The van der Waals surface area contributed by atoms with E-state index in [4.69, 9.17) is 14.6 Å². The Hall–Kier alpha value is -3.93. The van der Waals surface area contributed by atoms with Crippen molar-refractivity contribution in [3.05, 3.63) is 78.2 Å². The molecule has 1 aliphatic rings. The van der Waals surface area contributed by atoms with Gasteiger partial charge in [0, 0.05) is 28.6 Å². The van der Waals surface area contributed by atoms with Crippen LogP contribution in [0.5, 0.6) is 11.5 Å². The molecule has 0 saturated carbocycles. The topological polar surface area (TPSA) is 49.2 Å². The lowest BCUT2D eigenvalue weighted by molar-refractivity contribution is 0.172. The highest BCUT2D eigenvalue weighted by Crippen LogP contribution is 2.39. The van der Waals surface area contributed by atoms with Gasteiger partial charge in [0.25, 0.3) is 0 Å². The van der Waals surface area contributed by atoms with Gasteiger partial charge >= 0.3 is 0 Å². The van der Waals surface area contributed by atoms with Crippen molar-refractivity contribution in [1.29, 1.82) is 0 Å². The molecule has 0 amide bonds. The molecule has 0 fully saturated rings. The molecule has 2 aromatic heterocycles. The summed E-state index contributed by atoms with van der Waals surface area (Å²) in [5, 5.41) is 6.74. The Labute approximate surface area is 177 Å². The summed E-state index contributed by atoms with van der Waals surface area (Å²) in [4.78, 5) is 4.68. The number of halogens is 1. The number of aryl methyl sites for hydroxylation is 1. The molecule has 0 unspecified atom stereocenters. The lowest BCUT2D eigenvalue weighted by Gasteiger charge is -2.19. The third kappa shape index (κ3) is 2.91. The van der Waals surface area contributed by atoms with Crippen molar-refractivity contribution in [1.82, 2.24) is 14.8 Å². The van der Waals surface area contributed by atoms with Gasteiger partial charge in [-0.25, -0.2) is 9.07 Å². The average molecular weight is 411 g/mol. The second-order valence-corrected chi connectivity index (χ2v) is 7.64. The van der Waals surface area contributed by atoms with Crippen LogP contribution in [0.4, 0.5) is 4.39 Å². The van der Waals surface area contributed by atoms with Gasteiger partial charge in [-0.3, -0.25) is 4.98 Å². The molecule has 0 atom stereocenters. The Bertz CT molecular complexity index is 1440. The SMILES string of the molecule is Cc1ccc(-n2nc(-c3ccc(F)cc3)c3cnc4cc5c(cc4c32)OCCO5)cc1. The van der Waals surface area contributed by atoms with E-state index in [9.17, 15) is 4.39 Å². The van der Waals surface area contributed by atoms with Crippen LogP contribution in [-0.4, -0.2) is 28.0 Å². The monoisotopic (exact) mass is 411 g/mol. The van der Waals surface area contributed by atoms with E-state index >= 15 is 0 Å². The van der Waals surface area contributed by atoms with E-state index in [1.165, 1.54) is 17.7 Å². The van der Waals surface area contributed by atoms with E-state index in [2.05, 4.69) is 24.0 Å². The van der Waals surface area contributed by atoms with E-state index < -0.39 is 0 Å². The molecule has 5 nitrogen and oxygen atoms in total. The summed E-state index contributed by atoms with van der Waals surface area (Å²) in [7, 11) is 0. The Kier molecular flexibility index (Phi) is 3.93. The molecule has 1 aliphatic heterocycles. The second kappa shape index (κ2) is 6.80. The fourth-order valence-corrected chi connectivity index (χ4v) is 4.01. The summed E-state index contributed by atoms with van der Waals surface area (Å²) >= 11 is 0. The zero-order chi connectivity index (χ0) is 20.9. The molecule has 5 aromatic rings. The van der Waals surface area contributed by atoms with Gasteiger partial charge in [-0.15, -0.1) is 0 Å². The van der Waals surface area contributed by atoms with Crippen LogP contribution in [0.15, 0.2) is 66.9 Å². The van der Waals surface area contributed by atoms with E-state index in [1.54, 1.807) is 12.1 Å². The van der Waals surface area contributed by atoms with Gasteiger partial charge in [0.15, 0.2) is 11.5 Å². The summed E-state index contributed by atoms with van der Waals surface area (Å²) in [5.41, 5.74) is 5.41. The molecule has 0 N–H and O–H groups in total. The van der Waals surface area contributed by atoms with Crippen molar-refractivity contribution in [2.75, 3.05) is 13.2 Å². The summed E-state index contributed by atoms with van der Waals surface area (Å²) in [5.74, 6) is 1.12. The molecule has 0 spiro atoms. The van der Waals surface area contributed by atoms with Gasteiger partial charge in [-0.1, -0.05) is 17.7 Å². The summed E-state index contributed by atoms with van der Waals surface area (Å²) in [6.45, 7) is 3.09. The first kappa shape index (κ1) is 17.9. The van der Waals surface area contributed by atoms with Crippen LogP contribution in [0, 0.1) is 12.7 Å². The summed E-state index contributed by atoms with van der Waals surface area (Å²) < 4.78 is 27.0. The number of hydrogen-bond donors (Lipinski definition) is 0. The van der Waals surface area contributed by atoms with Crippen molar-refractivity contribution in [2.45, 2.75) is 6.92 Å². The Morgan fingerprint density at radius 3 is 2.32 bits per heavy atom. The lowest BCUT2D eigenvalue weighted by atomic mass is 10.1. The highest BCUT2D eigenvalue weighted by atomic mass is 19.1. The van der Waals surface area contributed by atoms with Crippen LogP contribution >= 0.6 is 0 Å². The predicted octanol–water partition coefficient (Wildman–Crippen LogP) is 5.46. The van der Waals surface area contributed by atoms with Gasteiger partial charge in [-0.05, 0) is 49.4 Å². The average Bonchev–Trinajstić information content (AvgIpc) is 3.19. The third-order valence-corrected chi connectivity index (χ3v) is 5.57.